The molecule has 1 aromatic carbocycles. The number of benzene rings is 1. The van der Waals surface area contributed by atoms with E-state index in [4.69, 9.17) is 5.11 Å². The molecule has 1 heterocycles. The topological polar surface area (TPSA) is 69.6 Å². The third-order valence-electron chi connectivity index (χ3n) is 4.00. The van der Waals surface area contributed by atoms with Crippen LogP contribution in [0.3, 0.4) is 0 Å². The van der Waals surface area contributed by atoms with Gasteiger partial charge in [0.2, 0.25) is 5.91 Å². The molecule has 21 heavy (non-hydrogen) atoms. The number of rotatable bonds is 5. The van der Waals surface area contributed by atoms with Crippen molar-refractivity contribution in [1.29, 1.82) is 0 Å². The van der Waals surface area contributed by atoms with Crippen LogP contribution in [0.25, 0.3) is 0 Å². The first-order valence-electron chi connectivity index (χ1n) is 7.43. The van der Waals surface area contributed by atoms with E-state index in [1.54, 1.807) is 18.2 Å². The normalized spacial score (nSPS) is 16.6. The Morgan fingerprint density at radius 2 is 1.95 bits per heavy atom. The molecule has 1 amide bonds. The summed E-state index contributed by atoms with van der Waals surface area (Å²) in [7, 11) is 0. The molecule has 1 fully saturated rings. The lowest BCUT2D eigenvalue weighted by Gasteiger charge is -2.31. The molecule has 114 valence electrons. The van der Waals surface area contributed by atoms with E-state index in [0.29, 0.717) is 5.56 Å². The summed E-state index contributed by atoms with van der Waals surface area (Å²) in [5, 5.41) is 12.1. The van der Waals surface area contributed by atoms with Crippen molar-refractivity contribution in [2.45, 2.75) is 32.2 Å². The smallest absolute Gasteiger partial charge is 0.335 e. The van der Waals surface area contributed by atoms with Gasteiger partial charge in [0.1, 0.15) is 0 Å². The zero-order chi connectivity index (χ0) is 15.2. The number of nitrogens with zero attached hydrogens (tertiary/aromatic N) is 1. The van der Waals surface area contributed by atoms with Crippen molar-refractivity contribution in [3.05, 3.63) is 35.4 Å². The quantitative estimate of drug-likeness (QED) is 0.863. The highest BCUT2D eigenvalue weighted by atomic mass is 16.4. The van der Waals surface area contributed by atoms with E-state index in [9.17, 15) is 9.59 Å². The zero-order valence-electron chi connectivity index (χ0n) is 12.3. The van der Waals surface area contributed by atoms with Crippen LogP contribution in [0.5, 0.6) is 0 Å². The molecule has 0 radical (unpaired) electrons. The average Bonchev–Trinajstić information content (AvgIpc) is 2.48. The van der Waals surface area contributed by atoms with Gasteiger partial charge in [-0.15, -0.1) is 0 Å². The predicted molar refractivity (Wildman–Crippen MR) is 80.4 cm³/mol. The van der Waals surface area contributed by atoms with Gasteiger partial charge >= 0.3 is 5.97 Å². The molecule has 0 saturated carbocycles. The van der Waals surface area contributed by atoms with Gasteiger partial charge in [-0.1, -0.05) is 25.1 Å². The molecule has 5 nitrogen and oxygen atoms in total. The van der Waals surface area contributed by atoms with Crippen LogP contribution < -0.4 is 5.32 Å². The minimum Gasteiger partial charge on any atom is -0.478 e. The Balaban J connectivity index is 1.89. The van der Waals surface area contributed by atoms with Crippen LogP contribution in [0.4, 0.5) is 0 Å². The van der Waals surface area contributed by atoms with Gasteiger partial charge in [0.15, 0.2) is 0 Å². The van der Waals surface area contributed by atoms with Crippen molar-refractivity contribution >= 4 is 11.9 Å². The Morgan fingerprint density at radius 3 is 2.57 bits per heavy atom. The number of piperidine rings is 1. The second kappa shape index (κ2) is 7.22. The van der Waals surface area contributed by atoms with Crippen LogP contribution in [0.15, 0.2) is 24.3 Å². The summed E-state index contributed by atoms with van der Waals surface area (Å²) < 4.78 is 0. The van der Waals surface area contributed by atoms with Gasteiger partial charge in [0, 0.05) is 19.1 Å². The van der Waals surface area contributed by atoms with Crippen molar-refractivity contribution in [1.82, 2.24) is 10.2 Å². The Bertz CT molecular complexity index is 508. The van der Waals surface area contributed by atoms with Crippen molar-refractivity contribution in [3.8, 4) is 0 Å². The fourth-order valence-electron chi connectivity index (χ4n) is 2.73. The van der Waals surface area contributed by atoms with E-state index >= 15 is 0 Å². The fraction of sp³-hybridized carbons (Fsp3) is 0.500. The minimum absolute atomic E-state index is 0.0985. The van der Waals surface area contributed by atoms with Crippen molar-refractivity contribution in [2.24, 2.45) is 0 Å². The van der Waals surface area contributed by atoms with Gasteiger partial charge in [0.25, 0.3) is 0 Å². The number of amides is 1. The number of likely N-dealkylation sites (tertiary alicyclic amines) is 1. The standard InChI is InChI=1S/C16H22N2O3/c1-2-18-9-7-13(8-10-18)17-15(19)11-12-5-3-4-6-14(12)16(20)21/h3-6,13H,2,7-11H2,1H3,(H,17,19)(H,20,21). The monoisotopic (exact) mass is 290 g/mol. The molecule has 0 aromatic heterocycles. The predicted octanol–water partition coefficient (Wildman–Crippen LogP) is 1.53. The minimum atomic E-state index is -0.991. The Kier molecular flexibility index (Phi) is 5.33. The molecule has 5 heteroatoms. The van der Waals surface area contributed by atoms with Gasteiger partial charge in [-0.05, 0) is 31.0 Å². The van der Waals surface area contributed by atoms with Crippen molar-refractivity contribution in [2.75, 3.05) is 19.6 Å². The average molecular weight is 290 g/mol. The SMILES string of the molecule is CCN1CCC(NC(=O)Cc2ccccc2C(=O)O)CC1. The molecule has 2 rings (SSSR count). The first-order chi connectivity index (χ1) is 10.1. The molecular formula is C16H22N2O3. The van der Waals surface area contributed by atoms with Gasteiger partial charge in [-0.25, -0.2) is 4.79 Å². The zero-order valence-corrected chi connectivity index (χ0v) is 12.3. The van der Waals surface area contributed by atoms with E-state index in [1.165, 1.54) is 6.07 Å². The van der Waals surface area contributed by atoms with E-state index in [1.807, 2.05) is 0 Å². The number of carboxylic acid groups (broad SMARTS) is 1. The first-order valence-corrected chi connectivity index (χ1v) is 7.43. The second-order valence-corrected chi connectivity index (χ2v) is 5.42. The Hall–Kier alpha value is -1.88. The summed E-state index contributed by atoms with van der Waals surface area (Å²) in [5.41, 5.74) is 0.766. The number of carbonyl (C=O) groups excluding carboxylic acids is 1. The lowest BCUT2D eigenvalue weighted by atomic mass is 10.0. The van der Waals surface area contributed by atoms with Crippen LogP contribution in [0, 0.1) is 0 Å². The molecule has 2 N–H and O–H groups in total. The van der Waals surface area contributed by atoms with Crippen LogP contribution in [-0.2, 0) is 11.2 Å². The van der Waals surface area contributed by atoms with Crippen LogP contribution >= 0.6 is 0 Å². The summed E-state index contributed by atoms with van der Waals surface area (Å²) in [6, 6.07) is 6.87. The van der Waals surface area contributed by atoms with Gasteiger partial charge in [-0.3, -0.25) is 4.79 Å². The molecule has 0 spiro atoms. The summed E-state index contributed by atoms with van der Waals surface area (Å²) in [5.74, 6) is -1.09. The Morgan fingerprint density at radius 1 is 1.29 bits per heavy atom. The van der Waals surface area contributed by atoms with Crippen molar-refractivity contribution in [3.63, 3.8) is 0 Å². The third kappa shape index (κ3) is 4.29. The molecular weight excluding hydrogens is 268 g/mol. The number of nitrogens with one attached hydrogen (secondary N) is 1. The first kappa shape index (κ1) is 15.5. The second-order valence-electron chi connectivity index (χ2n) is 5.42. The van der Waals surface area contributed by atoms with Crippen LogP contribution in [-0.4, -0.2) is 47.6 Å². The number of aromatic carboxylic acids is 1. The van der Waals surface area contributed by atoms with E-state index in [-0.39, 0.29) is 23.9 Å². The lowest BCUT2D eigenvalue weighted by Crippen LogP contribution is -2.45. The van der Waals surface area contributed by atoms with E-state index in [2.05, 4.69) is 17.1 Å². The highest BCUT2D eigenvalue weighted by Gasteiger charge is 2.20. The van der Waals surface area contributed by atoms with Gasteiger partial charge < -0.3 is 15.3 Å². The van der Waals surface area contributed by atoms with Crippen LogP contribution in [0.2, 0.25) is 0 Å². The molecule has 0 aliphatic carbocycles. The van der Waals surface area contributed by atoms with Crippen molar-refractivity contribution < 1.29 is 14.7 Å². The molecule has 0 unspecified atom stereocenters. The van der Waals surface area contributed by atoms with Gasteiger partial charge in [0.05, 0.1) is 12.0 Å². The molecule has 1 aliphatic heterocycles. The number of carbonyl (C=O) groups is 2. The summed E-state index contributed by atoms with van der Waals surface area (Å²) in [4.78, 5) is 25.6. The van der Waals surface area contributed by atoms with E-state index < -0.39 is 5.97 Å². The third-order valence-corrected chi connectivity index (χ3v) is 4.00. The number of hydrogen-bond donors (Lipinski definition) is 2. The van der Waals surface area contributed by atoms with Gasteiger partial charge in [-0.2, -0.15) is 0 Å². The lowest BCUT2D eigenvalue weighted by molar-refractivity contribution is -0.121. The highest BCUT2D eigenvalue weighted by Crippen LogP contribution is 2.12. The summed E-state index contributed by atoms with van der Waals surface area (Å²) >= 11 is 0. The Labute approximate surface area is 125 Å². The van der Waals surface area contributed by atoms with Crippen LogP contribution in [0.1, 0.15) is 35.7 Å². The maximum absolute atomic E-state index is 12.1. The maximum Gasteiger partial charge on any atom is 0.335 e. The largest absolute Gasteiger partial charge is 0.478 e. The number of hydrogen-bond acceptors (Lipinski definition) is 3. The fourth-order valence-corrected chi connectivity index (χ4v) is 2.73. The molecule has 0 atom stereocenters. The number of carboxylic acids is 1. The highest BCUT2D eigenvalue weighted by molar-refractivity contribution is 5.91. The summed E-state index contributed by atoms with van der Waals surface area (Å²) in [6.07, 6.45) is 2.04. The maximum atomic E-state index is 12.1. The molecule has 1 aliphatic rings. The summed E-state index contributed by atoms with van der Waals surface area (Å²) in [6.45, 7) is 5.20. The molecule has 1 aromatic rings. The van der Waals surface area contributed by atoms with E-state index in [0.717, 1.165) is 32.5 Å². The molecule has 1 saturated heterocycles. The molecule has 0 bridgehead atoms.